The number of ether oxygens (including phenoxy) is 2. The van der Waals surface area contributed by atoms with Crippen LogP contribution in [0.25, 0.3) is 0 Å². The Bertz CT molecular complexity index is 486. The van der Waals surface area contributed by atoms with Crippen molar-refractivity contribution in [2.45, 2.75) is 64.5 Å². The van der Waals surface area contributed by atoms with E-state index in [0.29, 0.717) is 13.0 Å². The first-order chi connectivity index (χ1) is 12.2. The van der Waals surface area contributed by atoms with Crippen molar-refractivity contribution >= 4 is 12.0 Å². The predicted molar refractivity (Wildman–Crippen MR) is 100 cm³/mol. The van der Waals surface area contributed by atoms with Crippen molar-refractivity contribution in [3.63, 3.8) is 0 Å². The third kappa shape index (κ3) is 5.84. The summed E-state index contributed by atoms with van der Waals surface area (Å²) in [5.41, 5.74) is -1.47. The molecule has 0 aromatic carbocycles. The first kappa shape index (κ1) is 21.0. The van der Waals surface area contributed by atoms with E-state index in [4.69, 9.17) is 9.47 Å². The smallest absolute Gasteiger partial charge is 0.408 e. The van der Waals surface area contributed by atoms with Crippen LogP contribution < -0.4 is 10.6 Å². The number of hydrogen-bond acceptors (Lipinski definition) is 5. The van der Waals surface area contributed by atoms with Crippen LogP contribution in [0.1, 0.15) is 53.4 Å². The van der Waals surface area contributed by atoms with Gasteiger partial charge >= 0.3 is 6.09 Å². The van der Waals surface area contributed by atoms with Crippen LogP contribution in [0.2, 0.25) is 0 Å². The molecule has 0 aromatic heterocycles. The number of nitrogens with one attached hydrogen (secondary N) is 2. The van der Waals surface area contributed by atoms with Crippen molar-refractivity contribution in [1.82, 2.24) is 15.5 Å². The van der Waals surface area contributed by atoms with Crippen LogP contribution in [0.5, 0.6) is 0 Å². The van der Waals surface area contributed by atoms with Crippen LogP contribution in [-0.2, 0) is 14.3 Å². The third-order valence-electron chi connectivity index (χ3n) is 5.25. The number of carbonyl (C=O) groups excluding carboxylic acids is 2. The molecule has 2 amide bonds. The average Bonchev–Trinajstić information content (AvgIpc) is 2.56. The second-order valence-electron chi connectivity index (χ2n) is 8.45. The van der Waals surface area contributed by atoms with E-state index < -0.39 is 17.2 Å². The Balaban J connectivity index is 1.96. The Labute approximate surface area is 157 Å². The summed E-state index contributed by atoms with van der Waals surface area (Å²) in [7, 11) is 0. The molecule has 0 aromatic rings. The zero-order chi connectivity index (χ0) is 19.2. The molecule has 2 atom stereocenters. The van der Waals surface area contributed by atoms with Gasteiger partial charge in [0.15, 0.2) is 0 Å². The zero-order valence-electron chi connectivity index (χ0n) is 16.7. The van der Waals surface area contributed by atoms with Gasteiger partial charge in [0, 0.05) is 26.2 Å². The van der Waals surface area contributed by atoms with Crippen LogP contribution >= 0.6 is 0 Å². The number of hydrogen-bond donors (Lipinski definition) is 2. The van der Waals surface area contributed by atoms with Crippen LogP contribution in [0.3, 0.4) is 0 Å². The molecule has 7 nitrogen and oxygen atoms in total. The molecule has 1 aliphatic heterocycles. The Kier molecular flexibility index (Phi) is 7.29. The topological polar surface area (TPSA) is 79.9 Å². The fourth-order valence-electron chi connectivity index (χ4n) is 3.72. The highest BCUT2D eigenvalue weighted by molar-refractivity contribution is 5.90. The van der Waals surface area contributed by atoms with Gasteiger partial charge in [-0.1, -0.05) is 19.8 Å². The van der Waals surface area contributed by atoms with E-state index in [1.165, 1.54) is 0 Å². The van der Waals surface area contributed by atoms with E-state index in [9.17, 15) is 9.59 Å². The van der Waals surface area contributed by atoms with Crippen molar-refractivity contribution < 1.29 is 19.1 Å². The lowest BCUT2D eigenvalue weighted by Gasteiger charge is -2.42. The van der Waals surface area contributed by atoms with Crippen LogP contribution in [0.4, 0.5) is 4.79 Å². The van der Waals surface area contributed by atoms with Gasteiger partial charge in [0.25, 0.3) is 0 Å². The van der Waals surface area contributed by atoms with E-state index in [1.54, 1.807) is 0 Å². The summed E-state index contributed by atoms with van der Waals surface area (Å²) < 4.78 is 10.8. The average molecular weight is 370 g/mol. The molecule has 2 fully saturated rings. The molecule has 150 valence electrons. The first-order valence-electron chi connectivity index (χ1n) is 9.82. The quantitative estimate of drug-likeness (QED) is 0.774. The number of amides is 2. The van der Waals surface area contributed by atoms with Gasteiger partial charge in [0.05, 0.1) is 13.2 Å². The predicted octanol–water partition coefficient (Wildman–Crippen LogP) is 1.91. The van der Waals surface area contributed by atoms with E-state index >= 15 is 0 Å². The lowest BCUT2D eigenvalue weighted by atomic mass is 9.73. The number of rotatable bonds is 5. The van der Waals surface area contributed by atoms with Crippen LogP contribution in [-0.4, -0.2) is 67.4 Å². The molecular formula is C19H35N3O4. The fraction of sp³-hybridized carbons (Fsp3) is 0.895. The molecule has 2 rings (SSSR count). The molecule has 1 aliphatic carbocycles. The van der Waals surface area contributed by atoms with Gasteiger partial charge in [-0.3, -0.25) is 9.69 Å². The van der Waals surface area contributed by atoms with E-state index in [0.717, 1.165) is 52.1 Å². The van der Waals surface area contributed by atoms with Crippen molar-refractivity contribution in [2.75, 3.05) is 39.4 Å². The summed E-state index contributed by atoms with van der Waals surface area (Å²) in [5.74, 6) is -0.0176. The minimum atomic E-state index is -0.883. The summed E-state index contributed by atoms with van der Waals surface area (Å²) in [6.07, 6.45) is 3.06. The maximum atomic E-state index is 13.0. The highest BCUT2D eigenvalue weighted by Gasteiger charge is 2.46. The van der Waals surface area contributed by atoms with Gasteiger partial charge in [0.1, 0.15) is 11.1 Å². The molecule has 2 N–H and O–H groups in total. The van der Waals surface area contributed by atoms with Gasteiger partial charge in [-0.25, -0.2) is 4.79 Å². The standard InChI is InChI=1S/C19H35N3O4/c1-15-7-5-6-8-19(15,21-17(24)26-18(2,3)4)16(23)20-9-10-22-11-13-25-14-12-22/h15H,5-14H2,1-4H3,(H,20,23)(H,21,24)/t15-,19+/m1/s1. The molecule has 26 heavy (non-hydrogen) atoms. The second kappa shape index (κ2) is 9.04. The highest BCUT2D eigenvalue weighted by atomic mass is 16.6. The molecule has 0 unspecified atom stereocenters. The van der Waals surface area contributed by atoms with Crippen molar-refractivity contribution in [3.8, 4) is 0 Å². The second-order valence-corrected chi connectivity index (χ2v) is 8.45. The van der Waals surface area contributed by atoms with Gasteiger partial charge < -0.3 is 20.1 Å². The molecule has 0 radical (unpaired) electrons. The lowest BCUT2D eigenvalue weighted by molar-refractivity contribution is -0.131. The van der Waals surface area contributed by atoms with Gasteiger partial charge in [0.2, 0.25) is 5.91 Å². The Morgan fingerprint density at radius 1 is 1.23 bits per heavy atom. The minimum absolute atomic E-state index is 0.0761. The van der Waals surface area contributed by atoms with Crippen LogP contribution in [0.15, 0.2) is 0 Å². The Morgan fingerprint density at radius 2 is 1.92 bits per heavy atom. The number of nitrogens with zero attached hydrogens (tertiary/aromatic N) is 1. The van der Waals surface area contributed by atoms with E-state index in [1.807, 2.05) is 27.7 Å². The first-order valence-corrected chi connectivity index (χ1v) is 9.82. The summed E-state index contributed by atoms with van der Waals surface area (Å²) in [6.45, 7) is 12.2. The summed E-state index contributed by atoms with van der Waals surface area (Å²) in [4.78, 5) is 27.7. The van der Waals surface area contributed by atoms with Crippen molar-refractivity contribution in [2.24, 2.45) is 5.92 Å². The number of morpholine rings is 1. The molecule has 0 bridgehead atoms. The Morgan fingerprint density at radius 3 is 2.54 bits per heavy atom. The molecule has 7 heteroatoms. The molecule has 0 spiro atoms. The van der Waals surface area contributed by atoms with Gasteiger partial charge in [-0.15, -0.1) is 0 Å². The maximum absolute atomic E-state index is 13.0. The highest BCUT2D eigenvalue weighted by Crippen LogP contribution is 2.34. The number of alkyl carbamates (subject to hydrolysis) is 1. The normalized spacial score (nSPS) is 27.6. The third-order valence-corrected chi connectivity index (χ3v) is 5.25. The summed E-state index contributed by atoms with van der Waals surface area (Å²) in [6, 6.07) is 0. The molecule has 1 saturated heterocycles. The van der Waals surface area contributed by atoms with Crippen molar-refractivity contribution in [1.29, 1.82) is 0 Å². The monoisotopic (exact) mass is 369 g/mol. The van der Waals surface area contributed by atoms with Gasteiger partial charge in [-0.2, -0.15) is 0 Å². The number of carbonyl (C=O) groups is 2. The maximum Gasteiger partial charge on any atom is 0.408 e. The molecule has 1 saturated carbocycles. The molecule has 1 heterocycles. The summed E-state index contributed by atoms with van der Waals surface area (Å²) in [5, 5.41) is 5.97. The van der Waals surface area contributed by atoms with Crippen LogP contribution in [0, 0.1) is 5.92 Å². The fourth-order valence-corrected chi connectivity index (χ4v) is 3.72. The Hall–Kier alpha value is -1.34. The SMILES string of the molecule is C[C@@H]1CCCC[C@@]1(NC(=O)OC(C)(C)C)C(=O)NCCN1CCOCC1. The molecular weight excluding hydrogens is 334 g/mol. The minimum Gasteiger partial charge on any atom is -0.444 e. The lowest BCUT2D eigenvalue weighted by Crippen LogP contribution is -2.64. The summed E-state index contributed by atoms with van der Waals surface area (Å²) >= 11 is 0. The van der Waals surface area contributed by atoms with Crippen molar-refractivity contribution in [3.05, 3.63) is 0 Å². The largest absolute Gasteiger partial charge is 0.444 e. The van der Waals surface area contributed by atoms with E-state index in [2.05, 4.69) is 15.5 Å². The van der Waals surface area contributed by atoms with Gasteiger partial charge in [-0.05, 0) is 39.5 Å². The van der Waals surface area contributed by atoms with E-state index in [-0.39, 0.29) is 11.8 Å². The molecule has 2 aliphatic rings. The zero-order valence-corrected chi connectivity index (χ0v) is 16.7.